The monoisotopic (exact) mass is 342 g/mol. The van der Waals surface area contributed by atoms with Gasteiger partial charge in [-0.25, -0.2) is 9.97 Å². The molecule has 1 atom stereocenters. The van der Waals surface area contributed by atoms with E-state index in [4.69, 9.17) is 5.26 Å². The molecule has 2 aromatic rings. The summed E-state index contributed by atoms with van der Waals surface area (Å²) >= 11 is 1.42. The maximum absolute atomic E-state index is 12.0. The van der Waals surface area contributed by atoms with Crippen LogP contribution in [-0.2, 0) is 4.79 Å². The van der Waals surface area contributed by atoms with Gasteiger partial charge in [-0.1, -0.05) is 0 Å². The Bertz CT molecular complexity index is 709. The molecule has 0 saturated carbocycles. The van der Waals surface area contributed by atoms with E-state index >= 15 is 0 Å². The van der Waals surface area contributed by atoms with Crippen molar-refractivity contribution >= 4 is 28.2 Å². The summed E-state index contributed by atoms with van der Waals surface area (Å²) in [6.45, 7) is 3.00. The Balaban J connectivity index is 1.40. The molecule has 124 valence electrons. The van der Waals surface area contributed by atoms with Crippen molar-refractivity contribution in [2.75, 3.05) is 36.8 Å². The van der Waals surface area contributed by atoms with E-state index in [2.05, 4.69) is 31.6 Å². The average Bonchev–Trinajstić information content (AvgIpc) is 3.25. The van der Waals surface area contributed by atoms with E-state index in [0.717, 1.165) is 31.9 Å². The lowest BCUT2D eigenvalue weighted by Gasteiger charge is -2.15. The Kier molecular flexibility index (Phi) is 5.36. The molecule has 1 amide bonds. The van der Waals surface area contributed by atoms with Crippen LogP contribution in [0, 0.1) is 17.2 Å². The fourth-order valence-electron chi connectivity index (χ4n) is 2.68. The molecule has 0 aromatic carbocycles. The van der Waals surface area contributed by atoms with E-state index in [0.29, 0.717) is 23.2 Å². The Labute approximate surface area is 144 Å². The Hall–Kier alpha value is -2.50. The van der Waals surface area contributed by atoms with E-state index in [1.807, 2.05) is 11.4 Å². The van der Waals surface area contributed by atoms with E-state index in [1.54, 1.807) is 18.5 Å². The highest BCUT2D eigenvalue weighted by Crippen LogP contribution is 2.17. The molecule has 0 spiro atoms. The smallest absolute Gasteiger partial charge is 0.240 e. The topological polar surface area (TPSA) is 93.9 Å². The number of nitrogens with one attached hydrogen (secondary N) is 2. The molecule has 24 heavy (non-hydrogen) atoms. The van der Waals surface area contributed by atoms with Gasteiger partial charge in [-0.2, -0.15) is 5.26 Å². The SMILES string of the molecule is N#Cc1ccc(NC[C@H]2CCN(CC(=O)Nc3nccs3)C2)nc1. The maximum Gasteiger partial charge on any atom is 0.240 e. The number of thiazole rings is 1. The van der Waals surface area contributed by atoms with Crippen LogP contribution in [0.5, 0.6) is 0 Å². The van der Waals surface area contributed by atoms with Crippen molar-refractivity contribution in [3.8, 4) is 6.07 Å². The van der Waals surface area contributed by atoms with Crippen molar-refractivity contribution in [2.24, 2.45) is 5.92 Å². The summed E-state index contributed by atoms with van der Waals surface area (Å²) in [5.74, 6) is 1.23. The number of amides is 1. The van der Waals surface area contributed by atoms with Crippen LogP contribution in [-0.4, -0.2) is 47.0 Å². The maximum atomic E-state index is 12.0. The lowest BCUT2D eigenvalue weighted by atomic mass is 10.1. The van der Waals surface area contributed by atoms with Gasteiger partial charge in [0.25, 0.3) is 0 Å². The van der Waals surface area contributed by atoms with Crippen molar-refractivity contribution in [1.82, 2.24) is 14.9 Å². The first-order chi connectivity index (χ1) is 11.7. The number of rotatable bonds is 6. The van der Waals surface area contributed by atoms with Gasteiger partial charge in [0.15, 0.2) is 5.13 Å². The molecule has 1 fully saturated rings. The van der Waals surface area contributed by atoms with Gasteiger partial charge in [-0.3, -0.25) is 9.69 Å². The molecule has 0 unspecified atom stereocenters. The first-order valence-electron chi connectivity index (χ1n) is 7.74. The van der Waals surface area contributed by atoms with Gasteiger partial charge < -0.3 is 10.6 Å². The van der Waals surface area contributed by atoms with Gasteiger partial charge in [0.2, 0.25) is 5.91 Å². The number of likely N-dealkylation sites (tertiary alicyclic amines) is 1. The third kappa shape index (κ3) is 4.50. The number of hydrogen-bond donors (Lipinski definition) is 2. The molecule has 0 aliphatic carbocycles. The van der Waals surface area contributed by atoms with Crippen molar-refractivity contribution in [1.29, 1.82) is 5.26 Å². The number of pyridine rings is 1. The Morgan fingerprint density at radius 3 is 3.08 bits per heavy atom. The number of anilines is 2. The number of aromatic nitrogens is 2. The molecule has 3 rings (SSSR count). The minimum Gasteiger partial charge on any atom is -0.370 e. The predicted octanol–water partition coefficient (Wildman–Crippen LogP) is 1.78. The normalized spacial score (nSPS) is 17.4. The number of nitrogens with zero attached hydrogens (tertiary/aromatic N) is 4. The highest BCUT2D eigenvalue weighted by Gasteiger charge is 2.24. The van der Waals surface area contributed by atoms with Crippen molar-refractivity contribution < 1.29 is 4.79 Å². The number of hydrogen-bond acceptors (Lipinski definition) is 7. The largest absolute Gasteiger partial charge is 0.370 e. The molecule has 3 heterocycles. The summed E-state index contributed by atoms with van der Waals surface area (Å²) in [4.78, 5) is 22.4. The molecular formula is C16H18N6OS. The minimum absolute atomic E-state index is 0.0210. The van der Waals surface area contributed by atoms with Gasteiger partial charge in [0, 0.05) is 30.9 Å². The summed E-state index contributed by atoms with van der Waals surface area (Å²) in [5.41, 5.74) is 0.554. The quantitative estimate of drug-likeness (QED) is 0.831. The standard InChI is InChI=1S/C16H18N6OS/c17-7-12-1-2-14(19-8-12)20-9-13-3-5-22(10-13)11-15(23)21-16-18-4-6-24-16/h1-2,4,6,8,13H,3,5,9-11H2,(H,19,20)(H,18,21,23)/t13-/m1/s1. The van der Waals surface area contributed by atoms with Crippen LogP contribution < -0.4 is 10.6 Å². The summed E-state index contributed by atoms with van der Waals surface area (Å²) in [5, 5.41) is 17.3. The third-order valence-electron chi connectivity index (χ3n) is 3.88. The second kappa shape index (κ2) is 7.86. The lowest BCUT2D eigenvalue weighted by Crippen LogP contribution is -2.32. The molecule has 1 aliphatic rings. The van der Waals surface area contributed by atoms with Gasteiger partial charge in [0.05, 0.1) is 12.1 Å². The summed E-state index contributed by atoms with van der Waals surface area (Å²) in [7, 11) is 0. The zero-order chi connectivity index (χ0) is 16.8. The van der Waals surface area contributed by atoms with Crippen LogP contribution in [0.15, 0.2) is 29.9 Å². The van der Waals surface area contributed by atoms with Crippen LogP contribution in [0.4, 0.5) is 10.9 Å². The van der Waals surface area contributed by atoms with Crippen LogP contribution in [0.1, 0.15) is 12.0 Å². The molecule has 1 saturated heterocycles. The van der Waals surface area contributed by atoms with E-state index in [1.165, 1.54) is 11.3 Å². The Morgan fingerprint density at radius 1 is 1.46 bits per heavy atom. The van der Waals surface area contributed by atoms with Gasteiger partial charge in [0.1, 0.15) is 11.9 Å². The fraction of sp³-hybridized carbons (Fsp3) is 0.375. The number of carbonyl (C=O) groups is 1. The summed E-state index contributed by atoms with van der Waals surface area (Å²) in [6.07, 6.45) is 4.29. The average molecular weight is 342 g/mol. The summed E-state index contributed by atoms with van der Waals surface area (Å²) < 4.78 is 0. The fourth-order valence-corrected chi connectivity index (χ4v) is 3.23. The molecular weight excluding hydrogens is 324 g/mol. The first kappa shape index (κ1) is 16.4. The second-order valence-corrected chi connectivity index (χ2v) is 6.59. The third-order valence-corrected chi connectivity index (χ3v) is 4.57. The summed E-state index contributed by atoms with van der Waals surface area (Å²) in [6, 6.07) is 5.61. The van der Waals surface area contributed by atoms with Gasteiger partial charge in [-0.15, -0.1) is 11.3 Å². The van der Waals surface area contributed by atoms with Gasteiger partial charge >= 0.3 is 0 Å². The zero-order valence-electron chi connectivity index (χ0n) is 13.1. The number of nitriles is 1. The van der Waals surface area contributed by atoms with Crippen LogP contribution >= 0.6 is 11.3 Å². The molecule has 1 aliphatic heterocycles. The van der Waals surface area contributed by atoms with Crippen LogP contribution in [0.25, 0.3) is 0 Å². The van der Waals surface area contributed by atoms with Crippen molar-refractivity contribution in [3.05, 3.63) is 35.5 Å². The van der Waals surface area contributed by atoms with Crippen LogP contribution in [0.3, 0.4) is 0 Å². The predicted molar refractivity (Wildman–Crippen MR) is 92.7 cm³/mol. The number of carbonyl (C=O) groups excluding carboxylic acids is 1. The van der Waals surface area contributed by atoms with Crippen molar-refractivity contribution in [2.45, 2.75) is 6.42 Å². The zero-order valence-corrected chi connectivity index (χ0v) is 13.9. The molecule has 8 heteroatoms. The van der Waals surface area contributed by atoms with E-state index in [9.17, 15) is 4.79 Å². The molecule has 2 aromatic heterocycles. The highest BCUT2D eigenvalue weighted by molar-refractivity contribution is 7.13. The highest BCUT2D eigenvalue weighted by atomic mass is 32.1. The first-order valence-corrected chi connectivity index (χ1v) is 8.62. The van der Waals surface area contributed by atoms with Gasteiger partial charge in [-0.05, 0) is 31.0 Å². The van der Waals surface area contributed by atoms with Crippen molar-refractivity contribution in [3.63, 3.8) is 0 Å². The molecule has 7 nitrogen and oxygen atoms in total. The van der Waals surface area contributed by atoms with E-state index < -0.39 is 0 Å². The second-order valence-electron chi connectivity index (χ2n) is 5.70. The molecule has 0 radical (unpaired) electrons. The molecule has 0 bridgehead atoms. The van der Waals surface area contributed by atoms with E-state index in [-0.39, 0.29) is 5.91 Å². The Morgan fingerprint density at radius 2 is 2.38 bits per heavy atom. The molecule has 2 N–H and O–H groups in total. The lowest BCUT2D eigenvalue weighted by molar-refractivity contribution is -0.117. The minimum atomic E-state index is -0.0210. The van der Waals surface area contributed by atoms with Crippen LogP contribution in [0.2, 0.25) is 0 Å².